The molecule has 0 unspecified atom stereocenters. The normalized spacial score (nSPS) is 23.7. The molecular weight excluding hydrogens is 1410 g/mol. The molecule has 1 fully saturated rings. The highest BCUT2D eigenvalue weighted by molar-refractivity contribution is 6.17. The molecule has 4 bridgehead atoms. The number of ether oxygens (including phenoxy) is 5. The summed E-state index contributed by atoms with van der Waals surface area (Å²) in [4.78, 5) is 153. The first-order chi connectivity index (χ1) is 51.7. The van der Waals surface area contributed by atoms with Crippen LogP contribution in [0.15, 0.2) is 98.7 Å². The van der Waals surface area contributed by atoms with Gasteiger partial charge >= 0.3 is 23.9 Å². The molecule has 9 rings (SSSR count). The number of primary amides is 1. The molecule has 0 radical (unpaired) electrons. The number of nitrogens with one attached hydrogen (secondary N) is 6. The van der Waals surface area contributed by atoms with E-state index in [9.17, 15) is 68.4 Å². The molecule has 31 heteroatoms. The van der Waals surface area contributed by atoms with Crippen molar-refractivity contribution < 1.29 is 91.7 Å². The summed E-state index contributed by atoms with van der Waals surface area (Å²) in [5, 5.41) is 63.2. The van der Waals surface area contributed by atoms with Crippen molar-refractivity contribution in [1.82, 2.24) is 31.2 Å². The van der Waals surface area contributed by atoms with E-state index in [4.69, 9.17) is 38.8 Å². The lowest BCUT2D eigenvalue weighted by Gasteiger charge is -2.38. The minimum Gasteiger partial charge on any atom is -0.507 e. The Balaban J connectivity index is 0.872. The molecule has 0 aliphatic carbocycles. The summed E-state index contributed by atoms with van der Waals surface area (Å²) in [5.74, 6) is -10.3. The molecule has 1 saturated heterocycles. The number of phenols is 1. The number of phenolic OH excluding ortho intramolecular Hbond substituents is 1. The van der Waals surface area contributed by atoms with Crippen LogP contribution in [0.1, 0.15) is 125 Å². The van der Waals surface area contributed by atoms with Gasteiger partial charge < -0.3 is 91.1 Å². The van der Waals surface area contributed by atoms with Gasteiger partial charge in [0.15, 0.2) is 22.4 Å². The largest absolute Gasteiger partial charge is 0.507 e. The van der Waals surface area contributed by atoms with E-state index in [0.717, 1.165) is 4.90 Å². The standard InChI is InChI=1S/C78H98N10O21/c1-39(2)61(84-55(91)20-13-12-14-31-88-56(92)25-26-57(88)93)75(101)83-51(19-16-30-80-76(79)102)74(100)82-49-23-21-48(22-24-49)38-105-77(103)81-37-47-27-32-87(33-28-47)50-35-52(90)62-54(36-50)108-71-63(85-62)58-59-67(96)45(8)70-60(58)72(98)78(10,109-70)106-34-29-53(104-11)42(5)69(107-46(9)89)44(7)66(95)43(6)65(94)40(3)17-15-18-41(4)73(99)86-64(71)68(59)97/h15,17-18,21-26,29,34-36,39-40,42-44,47,51,53,61,65-66,69,94-96,98H,12-14,16,19-20,27-28,30-33,37-38H2,1-11H3,(H,81,103)(H,82,100)(H,83,101)(H,84,91)(H,86,99)(H3,79,80,102)/b17-15+,34-29+,41-18-/t40-,42+,43+,44+,51-,53-,61-,65-,66+,69+,78-/m0/s1. The Kier molecular flexibility index (Phi) is 27.0. The summed E-state index contributed by atoms with van der Waals surface area (Å²) in [6, 6.07) is 6.56. The van der Waals surface area contributed by atoms with E-state index in [2.05, 4.69) is 31.9 Å². The fourth-order valence-corrected chi connectivity index (χ4v) is 14.0. The Hall–Kier alpha value is -10.9. The number of fused-ring (bicyclic) bond motifs is 2. The lowest BCUT2D eigenvalue weighted by Crippen LogP contribution is -2.54. The quantitative estimate of drug-likeness (QED) is 0.0114. The van der Waals surface area contributed by atoms with Crippen molar-refractivity contribution in [1.29, 1.82) is 0 Å². The lowest BCUT2D eigenvalue weighted by atomic mass is 9.78. The number of carbonyl (C=O) groups excluding carboxylic acids is 9. The number of hydrogen-bond donors (Lipinski definition) is 11. The summed E-state index contributed by atoms with van der Waals surface area (Å²) >= 11 is 0. The number of rotatable bonds is 23. The van der Waals surface area contributed by atoms with Gasteiger partial charge in [-0.05, 0) is 88.0 Å². The Morgan fingerprint density at radius 3 is 2.19 bits per heavy atom. The SMILES string of the molecule is CO[C@H]1/C=C/O[C@@]2(C)Oc3c(C)c(O)c4c(=O)c(c5oc6cc(N7CCC(CNC(=O)OCc8ccc(NC(=O)[C@H](CCCNC(N)=O)NC(=O)[C@@H](NC(=O)CCCCCN9C(=O)C=CC9=O)C(C)C)cc8)CC7)cc(=O)c6nc5c4c3=C2O)NC(=O)/C(C)=C\C=C\[C@H](C)[C@H](O)[C@@H](C)[C@@H](O)[C@@H](C)[C@H](OC(C)=O)[C@@H]1C. The number of anilines is 3. The van der Waals surface area contributed by atoms with Gasteiger partial charge in [0.25, 0.3) is 17.7 Å². The molecule has 11 atom stereocenters. The number of nitrogens with zero attached hydrogens (tertiary/aromatic N) is 3. The fourth-order valence-electron chi connectivity index (χ4n) is 14.0. The van der Waals surface area contributed by atoms with Crippen LogP contribution < -0.4 is 63.3 Å². The smallest absolute Gasteiger partial charge is 0.407 e. The van der Waals surface area contributed by atoms with Crippen LogP contribution in [0.4, 0.5) is 26.7 Å². The molecule has 4 aliphatic rings. The first kappa shape index (κ1) is 82.1. The van der Waals surface area contributed by atoms with Gasteiger partial charge in [0.1, 0.15) is 47.5 Å². The maximum atomic E-state index is 15.2. The highest BCUT2D eigenvalue weighted by Gasteiger charge is 2.45. The van der Waals surface area contributed by atoms with E-state index in [1.807, 2.05) is 4.90 Å². The number of unbranched alkanes of at least 4 members (excludes halogenated alkanes) is 2. The molecule has 0 spiro atoms. The number of alkyl carbamates (subject to hydrolysis) is 1. The maximum Gasteiger partial charge on any atom is 0.407 e. The van der Waals surface area contributed by atoms with Gasteiger partial charge in [-0.2, -0.15) is 0 Å². The first-order valence-corrected chi connectivity index (χ1v) is 36.6. The second kappa shape index (κ2) is 35.9. The average Bonchev–Trinajstić information content (AvgIpc) is 1.65. The van der Waals surface area contributed by atoms with Gasteiger partial charge in [-0.1, -0.05) is 78.3 Å². The molecule has 0 saturated carbocycles. The van der Waals surface area contributed by atoms with Gasteiger partial charge in [-0.25, -0.2) is 14.6 Å². The van der Waals surface area contributed by atoms with Gasteiger partial charge in [0, 0.05) is 136 Å². The molecule has 586 valence electrons. The van der Waals surface area contributed by atoms with Gasteiger partial charge in [0.05, 0.1) is 35.2 Å². The van der Waals surface area contributed by atoms with Crippen LogP contribution in [0.2, 0.25) is 0 Å². The Labute approximate surface area is 628 Å². The monoisotopic (exact) mass is 1510 g/mol. The number of carbonyl (C=O) groups is 9. The van der Waals surface area contributed by atoms with E-state index < -0.39 is 141 Å². The van der Waals surface area contributed by atoms with E-state index in [0.29, 0.717) is 62.1 Å². The summed E-state index contributed by atoms with van der Waals surface area (Å²) in [7, 11) is 1.42. The molecule has 109 heavy (non-hydrogen) atoms. The third-order valence-corrected chi connectivity index (χ3v) is 20.6. The first-order valence-electron chi connectivity index (χ1n) is 36.6. The van der Waals surface area contributed by atoms with Crippen molar-refractivity contribution in [2.75, 3.05) is 55.4 Å². The third kappa shape index (κ3) is 19.3. The van der Waals surface area contributed by atoms with Gasteiger partial charge in [-0.15, -0.1) is 0 Å². The van der Waals surface area contributed by atoms with E-state index >= 15 is 4.79 Å². The Morgan fingerprint density at radius 1 is 0.835 bits per heavy atom. The van der Waals surface area contributed by atoms with Crippen LogP contribution >= 0.6 is 0 Å². The number of methoxy groups -OCH3 is 1. The molecule has 9 amide bonds. The topological polar surface area (TPSA) is 446 Å². The summed E-state index contributed by atoms with van der Waals surface area (Å²) in [5.41, 5.74) is 3.85. The van der Waals surface area contributed by atoms with Crippen LogP contribution in [0.25, 0.3) is 38.7 Å². The number of nitrogens with two attached hydrogens (primary N) is 1. The summed E-state index contributed by atoms with van der Waals surface area (Å²) < 4.78 is 36.3. The second-order valence-electron chi connectivity index (χ2n) is 28.9. The van der Waals surface area contributed by atoms with E-state index in [1.165, 1.54) is 77.5 Å². The zero-order chi connectivity index (χ0) is 79.5. The molecule has 1 aromatic heterocycles. The number of benzene rings is 4. The number of hydrogen-bond acceptors (Lipinski definition) is 23. The van der Waals surface area contributed by atoms with Crippen molar-refractivity contribution in [3.63, 3.8) is 0 Å². The molecule has 12 N–H and O–H groups in total. The molecule has 5 heterocycles. The van der Waals surface area contributed by atoms with Crippen molar-refractivity contribution in [2.24, 2.45) is 41.2 Å². The van der Waals surface area contributed by atoms with Gasteiger partial charge in [0.2, 0.25) is 28.6 Å². The highest BCUT2D eigenvalue weighted by atomic mass is 16.7. The summed E-state index contributed by atoms with van der Waals surface area (Å²) in [6.07, 6.45) is 7.94. The zero-order valence-electron chi connectivity index (χ0n) is 63.0. The number of amides is 9. The molecular formula is C78H98N10O21. The van der Waals surface area contributed by atoms with Crippen LogP contribution in [-0.2, 0) is 59.1 Å². The maximum absolute atomic E-state index is 15.2. The molecule has 4 aromatic carbocycles. The number of piperidine rings is 1. The van der Waals surface area contributed by atoms with E-state index in [-0.39, 0.29) is 119 Å². The third-order valence-electron chi connectivity index (χ3n) is 20.6. The molecule has 31 nitrogen and oxygen atoms in total. The fraction of sp³-hybridized carbons (Fsp3) is 0.487. The zero-order valence-corrected chi connectivity index (χ0v) is 63.0. The lowest BCUT2D eigenvalue weighted by molar-refractivity contribution is -0.160. The number of aromatic nitrogens is 1. The highest BCUT2D eigenvalue weighted by Crippen LogP contribution is 2.43. The number of aromatic hydroxyl groups is 1. The predicted octanol–water partition coefficient (Wildman–Crippen LogP) is 6.20. The van der Waals surface area contributed by atoms with Gasteiger partial charge in [-0.3, -0.25) is 48.1 Å². The Morgan fingerprint density at radius 2 is 1.53 bits per heavy atom. The minimum atomic E-state index is -2.06. The number of aliphatic hydroxyl groups is 3. The second-order valence-corrected chi connectivity index (χ2v) is 28.9. The number of allylic oxidation sites excluding steroid dienone is 2. The average molecular weight is 1510 g/mol. The van der Waals surface area contributed by atoms with Crippen LogP contribution in [0.3, 0.4) is 0 Å². The molecule has 4 aliphatic heterocycles. The van der Waals surface area contributed by atoms with Crippen LogP contribution in [-0.4, -0.2) is 166 Å². The van der Waals surface area contributed by atoms with Crippen molar-refractivity contribution in [2.45, 2.75) is 169 Å². The van der Waals surface area contributed by atoms with Crippen molar-refractivity contribution >= 4 is 109 Å². The van der Waals surface area contributed by atoms with Crippen molar-refractivity contribution in [3.05, 3.63) is 121 Å². The number of esters is 1. The minimum absolute atomic E-state index is 0.00323. The number of urea groups is 1. The van der Waals surface area contributed by atoms with Crippen molar-refractivity contribution in [3.8, 4) is 11.5 Å². The number of imide groups is 1. The Bertz CT molecular complexity index is 4610. The number of aliphatic hydroxyl groups excluding tert-OH is 3. The summed E-state index contributed by atoms with van der Waals surface area (Å²) in [6.45, 7) is 17.2. The molecule has 5 aromatic rings. The van der Waals surface area contributed by atoms with E-state index in [1.54, 1.807) is 78.0 Å². The van der Waals surface area contributed by atoms with Crippen LogP contribution in [0, 0.1) is 42.4 Å². The van der Waals surface area contributed by atoms with Crippen LogP contribution in [0.5, 0.6) is 11.5 Å². The predicted molar refractivity (Wildman–Crippen MR) is 403 cm³/mol.